The molecule has 0 aromatic carbocycles. The Hall–Kier alpha value is -0.800. The fourth-order valence-corrected chi connectivity index (χ4v) is 4.03. The Kier molecular flexibility index (Phi) is 5.88. The van der Waals surface area contributed by atoms with Gasteiger partial charge in [0.2, 0.25) is 0 Å². The zero-order valence-corrected chi connectivity index (χ0v) is 13.5. The molecule has 1 aliphatic rings. The van der Waals surface area contributed by atoms with E-state index in [9.17, 15) is 13.5 Å². The third kappa shape index (κ3) is 5.48. The minimum Gasteiger partial charge on any atom is -0.389 e. The number of aliphatic hydroxyl groups is 1. The lowest BCUT2D eigenvalue weighted by molar-refractivity contribution is 0.0380. The topological polar surface area (TPSA) is 88.5 Å². The summed E-state index contributed by atoms with van der Waals surface area (Å²) >= 11 is 1.60. The maximum atomic E-state index is 11.2. The maximum Gasteiger partial charge on any atom is 0.173 e. The van der Waals surface area contributed by atoms with Gasteiger partial charge in [-0.3, -0.25) is 0 Å². The largest absolute Gasteiger partial charge is 0.389 e. The molecule has 21 heavy (non-hydrogen) atoms. The predicted octanol–water partition coefficient (Wildman–Crippen LogP) is 0.272. The molecule has 2 unspecified atom stereocenters. The third-order valence-electron chi connectivity index (χ3n) is 3.17. The van der Waals surface area contributed by atoms with Gasteiger partial charge in [-0.15, -0.1) is 11.3 Å². The third-order valence-corrected chi connectivity index (χ3v) is 5.56. The minimum atomic E-state index is -3.05. The second-order valence-corrected chi connectivity index (χ2v) is 7.88. The predicted molar refractivity (Wildman–Crippen MR) is 82.1 cm³/mol. The number of aryl methyl sites for hydroxylation is 1. The van der Waals surface area contributed by atoms with E-state index in [1.807, 2.05) is 12.4 Å². The Bertz CT molecular complexity index is 583. The SMILES string of the molecule is Cc1ncsc1CCOCC(O)CNC1C=CS(=O)(=O)C1. The number of rotatable bonds is 8. The molecule has 1 aliphatic heterocycles. The van der Waals surface area contributed by atoms with Gasteiger partial charge in [-0.2, -0.15) is 0 Å². The molecule has 0 aliphatic carbocycles. The summed E-state index contributed by atoms with van der Waals surface area (Å²) in [6, 6.07) is -0.218. The van der Waals surface area contributed by atoms with Crippen molar-refractivity contribution in [3.8, 4) is 0 Å². The first-order valence-electron chi connectivity index (χ1n) is 6.75. The lowest BCUT2D eigenvalue weighted by Crippen LogP contribution is -2.38. The molecule has 0 saturated carbocycles. The number of hydrogen-bond acceptors (Lipinski definition) is 7. The van der Waals surface area contributed by atoms with Gasteiger partial charge in [-0.05, 0) is 6.92 Å². The van der Waals surface area contributed by atoms with Gasteiger partial charge in [0.15, 0.2) is 9.84 Å². The smallest absolute Gasteiger partial charge is 0.173 e. The van der Waals surface area contributed by atoms with Crippen molar-refractivity contribution in [1.82, 2.24) is 10.3 Å². The van der Waals surface area contributed by atoms with E-state index < -0.39 is 15.9 Å². The van der Waals surface area contributed by atoms with Gasteiger partial charge in [-0.1, -0.05) is 6.08 Å². The summed E-state index contributed by atoms with van der Waals surface area (Å²) in [5.41, 5.74) is 2.84. The Morgan fingerprint density at radius 3 is 3.05 bits per heavy atom. The van der Waals surface area contributed by atoms with E-state index in [0.29, 0.717) is 13.2 Å². The van der Waals surface area contributed by atoms with E-state index in [2.05, 4.69) is 10.3 Å². The summed E-state index contributed by atoms with van der Waals surface area (Å²) in [4.78, 5) is 5.36. The van der Waals surface area contributed by atoms with Crippen LogP contribution in [0.1, 0.15) is 10.6 Å². The average molecular weight is 332 g/mol. The summed E-state index contributed by atoms with van der Waals surface area (Å²) in [5.74, 6) is 0.0607. The lowest BCUT2D eigenvalue weighted by atomic mass is 10.3. The van der Waals surface area contributed by atoms with Crippen molar-refractivity contribution in [2.24, 2.45) is 0 Å². The van der Waals surface area contributed by atoms with Crippen LogP contribution in [0.3, 0.4) is 0 Å². The molecule has 2 heterocycles. The van der Waals surface area contributed by atoms with Crippen molar-refractivity contribution in [1.29, 1.82) is 0 Å². The van der Waals surface area contributed by atoms with E-state index >= 15 is 0 Å². The quantitative estimate of drug-likeness (QED) is 0.665. The highest BCUT2D eigenvalue weighted by molar-refractivity contribution is 7.94. The number of nitrogens with one attached hydrogen (secondary N) is 1. The van der Waals surface area contributed by atoms with Crippen molar-refractivity contribution < 1.29 is 18.3 Å². The van der Waals surface area contributed by atoms with Crippen LogP contribution in [-0.4, -0.2) is 56.2 Å². The molecular formula is C13H20N2O4S2. The molecule has 0 fully saturated rings. The summed E-state index contributed by atoms with van der Waals surface area (Å²) in [7, 11) is -3.05. The van der Waals surface area contributed by atoms with E-state index in [1.54, 1.807) is 17.4 Å². The average Bonchev–Trinajstić information content (AvgIpc) is 2.98. The standard InChI is InChI=1S/C13H20N2O4S2/c1-10-13(20-9-15-10)2-4-19-7-12(16)6-14-11-3-5-21(17,18)8-11/h3,5,9,11-12,14,16H,2,4,6-8H2,1H3. The first-order valence-corrected chi connectivity index (χ1v) is 9.35. The molecule has 6 nitrogen and oxygen atoms in total. The molecule has 2 N–H and O–H groups in total. The van der Waals surface area contributed by atoms with Gasteiger partial charge >= 0.3 is 0 Å². The molecular weight excluding hydrogens is 312 g/mol. The van der Waals surface area contributed by atoms with Crippen LogP contribution in [0.2, 0.25) is 0 Å². The summed E-state index contributed by atoms with van der Waals surface area (Å²) in [6.07, 6.45) is 1.75. The number of sulfone groups is 1. The van der Waals surface area contributed by atoms with Gasteiger partial charge in [0, 0.05) is 29.3 Å². The summed E-state index contributed by atoms with van der Waals surface area (Å²) in [6.45, 7) is 3.05. The minimum absolute atomic E-state index is 0.0607. The van der Waals surface area contributed by atoms with Crippen molar-refractivity contribution >= 4 is 21.2 Å². The monoisotopic (exact) mass is 332 g/mol. The molecule has 8 heteroatoms. The lowest BCUT2D eigenvalue weighted by Gasteiger charge is -2.15. The zero-order valence-electron chi connectivity index (χ0n) is 11.9. The molecule has 1 aromatic heterocycles. The number of nitrogens with zero attached hydrogens (tertiary/aromatic N) is 1. The van der Waals surface area contributed by atoms with Crippen LogP contribution in [0.15, 0.2) is 17.0 Å². The van der Waals surface area contributed by atoms with Gasteiger partial charge in [0.1, 0.15) is 0 Å². The Morgan fingerprint density at radius 1 is 1.62 bits per heavy atom. The number of ether oxygens (including phenoxy) is 1. The molecule has 0 saturated heterocycles. The fourth-order valence-electron chi connectivity index (χ4n) is 2.00. The first kappa shape index (κ1) is 16.6. The number of aromatic nitrogens is 1. The van der Waals surface area contributed by atoms with Crippen LogP contribution in [0.5, 0.6) is 0 Å². The normalized spacial score (nSPS) is 21.7. The molecule has 2 atom stereocenters. The summed E-state index contributed by atoms with van der Waals surface area (Å²) in [5, 5.41) is 14.0. The van der Waals surface area contributed by atoms with Crippen molar-refractivity contribution in [3.63, 3.8) is 0 Å². The molecule has 0 radical (unpaired) electrons. The van der Waals surface area contributed by atoms with Crippen LogP contribution in [0.25, 0.3) is 0 Å². The van der Waals surface area contributed by atoms with E-state index in [-0.39, 0.29) is 18.4 Å². The highest BCUT2D eigenvalue weighted by atomic mass is 32.2. The molecule has 1 aromatic rings. The summed E-state index contributed by atoms with van der Waals surface area (Å²) < 4.78 is 27.9. The highest BCUT2D eigenvalue weighted by Gasteiger charge is 2.21. The number of thiazole rings is 1. The van der Waals surface area contributed by atoms with Crippen LogP contribution in [0, 0.1) is 6.92 Å². The molecule has 0 amide bonds. The zero-order chi connectivity index (χ0) is 15.3. The molecule has 0 spiro atoms. The van der Waals surface area contributed by atoms with E-state index in [4.69, 9.17) is 4.74 Å². The fraction of sp³-hybridized carbons (Fsp3) is 0.615. The Balaban J connectivity index is 1.57. The van der Waals surface area contributed by atoms with Crippen LogP contribution >= 0.6 is 11.3 Å². The second-order valence-electron chi connectivity index (χ2n) is 5.01. The second kappa shape index (κ2) is 7.46. The van der Waals surface area contributed by atoms with Crippen LogP contribution in [0.4, 0.5) is 0 Å². The van der Waals surface area contributed by atoms with Gasteiger partial charge in [-0.25, -0.2) is 13.4 Å². The Labute approximate surface area is 128 Å². The molecule has 2 rings (SSSR count). The molecule has 118 valence electrons. The maximum absolute atomic E-state index is 11.2. The van der Waals surface area contributed by atoms with Crippen molar-refractivity contribution in [2.75, 3.05) is 25.5 Å². The Morgan fingerprint density at radius 2 is 2.43 bits per heavy atom. The van der Waals surface area contributed by atoms with Crippen LogP contribution in [-0.2, 0) is 21.0 Å². The van der Waals surface area contributed by atoms with Gasteiger partial charge in [0.25, 0.3) is 0 Å². The van der Waals surface area contributed by atoms with E-state index in [1.165, 1.54) is 10.3 Å². The van der Waals surface area contributed by atoms with Crippen molar-refractivity contribution in [2.45, 2.75) is 25.5 Å². The number of hydrogen-bond donors (Lipinski definition) is 2. The van der Waals surface area contributed by atoms with Crippen molar-refractivity contribution in [3.05, 3.63) is 27.6 Å². The van der Waals surface area contributed by atoms with Gasteiger partial charge < -0.3 is 15.2 Å². The number of aliphatic hydroxyl groups excluding tert-OH is 1. The molecule has 0 bridgehead atoms. The van der Waals surface area contributed by atoms with Crippen LogP contribution < -0.4 is 5.32 Å². The van der Waals surface area contributed by atoms with E-state index in [0.717, 1.165) is 12.1 Å². The first-order chi connectivity index (χ1) is 9.96. The van der Waals surface area contributed by atoms with Gasteiger partial charge in [0.05, 0.1) is 36.3 Å². The highest BCUT2D eigenvalue weighted by Crippen LogP contribution is 2.12.